The Bertz CT molecular complexity index is 835. The Morgan fingerprint density at radius 1 is 1.26 bits per heavy atom. The van der Waals surface area contributed by atoms with Crippen molar-refractivity contribution in [2.45, 2.75) is 18.1 Å². The van der Waals surface area contributed by atoms with Gasteiger partial charge in [-0.2, -0.15) is 16.9 Å². The van der Waals surface area contributed by atoms with Gasteiger partial charge in [0.15, 0.2) is 5.82 Å². The first kappa shape index (κ1) is 14.1. The van der Waals surface area contributed by atoms with Crippen molar-refractivity contribution in [1.82, 2.24) is 19.7 Å². The SMILES string of the molecule is [O-]c1c2c(nn1-c1cc(OCc3cccnc3)ccn1)CSC2. The second kappa shape index (κ2) is 5.92. The van der Waals surface area contributed by atoms with Crippen LogP contribution in [0.15, 0.2) is 42.9 Å². The van der Waals surface area contributed by atoms with Gasteiger partial charge in [0.05, 0.1) is 5.69 Å². The molecule has 0 bridgehead atoms. The maximum atomic E-state index is 12.3. The van der Waals surface area contributed by atoms with Crippen molar-refractivity contribution in [3.63, 3.8) is 0 Å². The van der Waals surface area contributed by atoms with Crippen LogP contribution in [0.5, 0.6) is 11.6 Å². The minimum Gasteiger partial charge on any atom is -0.858 e. The zero-order valence-electron chi connectivity index (χ0n) is 12.2. The van der Waals surface area contributed by atoms with Gasteiger partial charge < -0.3 is 9.84 Å². The molecule has 0 saturated carbocycles. The molecule has 3 aromatic heterocycles. The van der Waals surface area contributed by atoms with E-state index in [1.807, 2.05) is 12.1 Å². The van der Waals surface area contributed by atoms with E-state index in [1.54, 1.807) is 42.5 Å². The number of thioether (sulfide) groups is 1. The van der Waals surface area contributed by atoms with E-state index < -0.39 is 0 Å². The fourth-order valence-corrected chi connectivity index (χ4v) is 3.42. The lowest BCUT2D eigenvalue weighted by atomic mass is 10.3. The van der Waals surface area contributed by atoms with Crippen LogP contribution in [0.4, 0.5) is 0 Å². The first-order valence-corrected chi connectivity index (χ1v) is 8.30. The molecule has 0 amide bonds. The Labute approximate surface area is 137 Å². The van der Waals surface area contributed by atoms with E-state index in [0.717, 1.165) is 28.3 Å². The highest BCUT2D eigenvalue weighted by Crippen LogP contribution is 2.35. The predicted octanol–water partition coefficient (Wildman–Crippen LogP) is 2.06. The average Bonchev–Trinajstić information content (AvgIpc) is 3.17. The van der Waals surface area contributed by atoms with Gasteiger partial charge in [-0.3, -0.25) is 4.98 Å². The Morgan fingerprint density at radius 2 is 2.22 bits per heavy atom. The molecule has 0 N–H and O–H groups in total. The highest BCUT2D eigenvalue weighted by molar-refractivity contribution is 7.98. The molecule has 4 rings (SSSR count). The fraction of sp³-hybridized carbons (Fsp3) is 0.188. The molecule has 0 atom stereocenters. The number of hydrogen-bond donors (Lipinski definition) is 0. The zero-order valence-corrected chi connectivity index (χ0v) is 13.0. The van der Waals surface area contributed by atoms with Gasteiger partial charge in [-0.25, -0.2) is 9.67 Å². The lowest BCUT2D eigenvalue weighted by Crippen LogP contribution is -2.07. The molecular formula is C16H13N4O2S-. The molecule has 0 fully saturated rings. The van der Waals surface area contributed by atoms with Crippen LogP contribution in [0.2, 0.25) is 0 Å². The number of aromatic nitrogens is 4. The molecule has 1 aliphatic rings. The van der Waals surface area contributed by atoms with Crippen molar-refractivity contribution >= 4 is 11.8 Å². The highest BCUT2D eigenvalue weighted by atomic mass is 32.2. The van der Waals surface area contributed by atoms with Crippen molar-refractivity contribution in [3.8, 4) is 17.4 Å². The maximum Gasteiger partial charge on any atom is 0.156 e. The van der Waals surface area contributed by atoms with Gasteiger partial charge in [0.25, 0.3) is 0 Å². The summed E-state index contributed by atoms with van der Waals surface area (Å²) in [5.41, 5.74) is 2.63. The van der Waals surface area contributed by atoms with Crippen LogP contribution < -0.4 is 9.84 Å². The Balaban J connectivity index is 1.57. The number of rotatable bonds is 4. The molecule has 4 heterocycles. The zero-order chi connectivity index (χ0) is 15.6. The van der Waals surface area contributed by atoms with Crippen LogP contribution in [-0.4, -0.2) is 19.7 Å². The Morgan fingerprint density at radius 3 is 3.04 bits per heavy atom. The quantitative estimate of drug-likeness (QED) is 0.731. The standard InChI is InChI=1S/C16H14N4O2S/c21-16-13-9-23-10-14(13)19-20(16)15-6-12(3-5-18-15)22-8-11-2-1-4-17-7-11/h1-7,21H,8-10H2/p-1. The van der Waals surface area contributed by atoms with E-state index in [9.17, 15) is 5.11 Å². The molecule has 23 heavy (non-hydrogen) atoms. The molecule has 3 aromatic rings. The average molecular weight is 325 g/mol. The van der Waals surface area contributed by atoms with Gasteiger partial charge in [0, 0.05) is 41.7 Å². The maximum absolute atomic E-state index is 12.3. The molecule has 0 aliphatic carbocycles. The number of nitrogens with zero attached hydrogens (tertiary/aromatic N) is 4. The lowest BCUT2D eigenvalue weighted by Gasteiger charge is -2.13. The van der Waals surface area contributed by atoms with Crippen LogP contribution in [-0.2, 0) is 18.1 Å². The number of hydrogen-bond acceptors (Lipinski definition) is 6. The molecule has 0 saturated heterocycles. The molecular weight excluding hydrogens is 312 g/mol. The summed E-state index contributed by atoms with van der Waals surface area (Å²) in [7, 11) is 0. The van der Waals surface area contributed by atoms with Crippen molar-refractivity contribution in [1.29, 1.82) is 0 Å². The summed E-state index contributed by atoms with van der Waals surface area (Å²) < 4.78 is 7.11. The van der Waals surface area contributed by atoms with Crippen molar-refractivity contribution < 1.29 is 9.84 Å². The van der Waals surface area contributed by atoms with Crippen LogP contribution in [0.1, 0.15) is 16.8 Å². The first-order valence-electron chi connectivity index (χ1n) is 7.15. The molecule has 0 aromatic carbocycles. The molecule has 0 radical (unpaired) electrons. The van der Waals surface area contributed by atoms with E-state index in [1.165, 1.54) is 4.68 Å². The van der Waals surface area contributed by atoms with Gasteiger partial charge >= 0.3 is 0 Å². The predicted molar refractivity (Wildman–Crippen MR) is 84.4 cm³/mol. The summed E-state index contributed by atoms with van der Waals surface area (Å²) >= 11 is 1.71. The third kappa shape index (κ3) is 2.75. The minimum atomic E-state index is -0.0816. The van der Waals surface area contributed by atoms with Crippen molar-refractivity contribution in [3.05, 3.63) is 59.7 Å². The topological polar surface area (TPSA) is 75.9 Å². The molecule has 0 spiro atoms. The number of fused-ring (bicyclic) bond motifs is 1. The highest BCUT2D eigenvalue weighted by Gasteiger charge is 2.18. The summed E-state index contributed by atoms with van der Waals surface area (Å²) in [4.78, 5) is 8.29. The normalized spacial score (nSPS) is 13.0. The lowest BCUT2D eigenvalue weighted by molar-refractivity contribution is -0.278. The Hall–Kier alpha value is -2.54. The van der Waals surface area contributed by atoms with Crippen LogP contribution in [0, 0.1) is 0 Å². The number of pyridine rings is 2. The van der Waals surface area contributed by atoms with Crippen LogP contribution in [0.25, 0.3) is 5.82 Å². The molecule has 1 aliphatic heterocycles. The van der Waals surface area contributed by atoms with Crippen LogP contribution in [0.3, 0.4) is 0 Å². The van der Waals surface area contributed by atoms with Gasteiger partial charge in [-0.05, 0) is 23.6 Å². The summed E-state index contributed by atoms with van der Waals surface area (Å²) in [6.45, 7) is 0.410. The second-order valence-electron chi connectivity index (χ2n) is 5.13. The third-order valence-electron chi connectivity index (χ3n) is 3.57. The molecule has 7 heteroatoms. The minimum absolute atomic E-state index is 0.0816. The third-order valence-corrected chi connectivity index (χ3v) is 4.54. The van der Waals surface area contributed by atoms with Gasteiger partial charge in [-0.15, -0.1) is 0 Å². The number of ether oxygens (including phenoxy) is 1. The summed E-state index contributed by atoms with van der Waals surface area (Å²) in [6.07, 6.45) is 5.10. The molecule has 6 nitrogen and oxygen atoms in total. The van der Waals surface area contributed by atoms with Crippen molar-refractivity contribution in [2.24, 2.45) is 0 Å². The van der Waals surface area contributed by atoms with Gasteiger partial charge in [0.1, 0.15) is 12.4 Å². The smallest absolute Gasteiger partial charge is 0.156 e. The van der Waals surface area contributed by atoms with Gasteiger partial charge in [0.2, 0.25) is 0 Å². The largest absolute Gasteiger partial charge is 0.858 e. The van der Waals surface area contributed by atoms with E-state index >= 15 is 0 Å². The fourth-order valence-electron chi connectivity index (χ4n) is 2.40. The van der Waals surface area contributed by atoms with E-state index in [4.69, 9.17) is 4.74 Å². The summed E-state index contributed by atoms with van der Waals surface area (Å²) in [6, 6.07) is 7.30. The van der Waals surface area contributed by atoms with Gasteiger partial charge in [-0.1, -0.05) is 6.07 Å². The summed E-state index contributed by atoms with van der Waals surface area (Å²) in [5.74, 6) is 2.56. The molecule has 116 valence electrons. The Kier molecular flexibility index (Phi) is 3.63. The van der Waals surface area contributed by atoms with E-state index in [-0.39, 0.29) is 5.88 Å². The summed E-state index contributed by atoms with van der Waals surface area (Å²) in [5, 5.41) is 16.7. The van der Waals surface area contributed by atoms with E-state index in [0.29, 0.717) is 18.2 Å². The monoisotopic (exact) mass is 325 g/mol. The first-order chi connectivity index (χ1) is 11.3. The van der Waals surface area contributed by atoms with Crippen LogP contribution >= 0.6 is 11.8 Å². The second-order valence-corrected chi connectivity index (χ2v) is 6.12. The van der Waals surface area contributed by atoms with Crippen molar-refractivity contribution in [2.75, 3.05) is 0 Å². The van der Waals surface area contributed by atoms with E-state index in [2.05, 4.69) is 15.1 Å². The molecule has 0 unspecified atom stereocenters.